The van der Waals surface area contributed by atoms with Crippen LogP contribution in [0.4, 0.5) is 5.69 Å². The van der Waals surface area contributed by atoms with Crippen LogP contribution in [0.1, 0.15) is 35.3 Å². The molecule has 0 bridgehead atoms. The summed E-state index contributed by atoms with van der Waals surface area (Å²) in [6.07, 6.45) is 3.23. The standard InChI is InChI=1S/C21H20Cl2N2O2/c1-13-6-5-7-14(12-13)25-16-9-8-15(22)18(23)17(16)19(20(25)21(26)27)24-10-3-2-4-11-24/h5-9,12H,2-4,10-11H2,1H3,(H,26,27). The fourth-order valence-corrected chi connectivity index (χ4v) is 4.36. The van der Waals surface area contributed by atoms with Gasteiger partial charge in [-0.2, -0.15) is 0 Å². The Hall–Kier alpha value is -2.17. The Morgan fingerprint density at radius 1 is 1.07 bits per heavy atom. The van der Waals surface area contributed by atoms with E-state index in [1.165, 1.54) is 0 Å². The van der Waals surface area contributed by atoms with Gasteiger partial charge in [-0.3, -0.25) is 0 Å². The molecule has 140 valence electrons. The molecule has 0 spiro atoms. The molecule has 4 nitrogen and oxygen atoms in total. The van der Waals surface area contributed by atoms with Crippen LogP contribution in [0.2, 0.25) is 10.0 Å². The number of hydrogen-bond acceptors (Lipinski definition) is 2. The van der Waals surface area contributed by atoms with E-state index in [9.17, 15) is 9.90 Å². The van der Waals surface area contributed by atoms with Gasteiger partial charge in [-0.1, -0.05) is 35.3 Å². The SMILES string of the molecule is Cc1cccc(-n2c(C(=O)O)c(N3CCCCC3)c3c(Cl)c(Cl)ccc32)c1. The Balaban J connectivity index is 2.12. The summed E-state index contributed by atoms with van der Waals surface area (Å²) in [5.41, 5.74) is 3.53. The summed E-state index contributed by atoms with van der Waals surface area (Å²) in [6, 6.07) is 11.4. The monoisotopic (exact) mass is 402 g/mol. The van der Waals surface area contributed by atoms with Gasteiger partial charge in [-0.15, -0.1) is 0 Å². The fourth-order valence-electron chi connectivity index (χ4n) is 3.95. The number of rotatable bonds is 3. The average molecular weight is 403 g/mol. The lowest BCUT2D eigenvalue weighted by atomic mass is 10.1. The normalized spacial score (nSPS) is 14.7. The highest BCUT2D eigenvalue weighted by Gasteiger charge is 2.30. The molecule has 1 aliphatic heterocycles. The third-order valence-corrected chi connectivity index (χ3v) is 5.94. The van der Waals surface area contributed by atoms with Crippen molar-refractivity contribution in [3.63, 3.8) is 0 Å². The molecule has 0 unspecified atom stereocenters. The summed E-state index contributed by atoms with van der Waals surface area (Å²) in [6.45, 7) is 3.62. The van der Waals surface area contributed by atoms with Crippen LogP contribution < -0.4 is 4.90 Å². The summed E-state index contributed by atoms with van der Waals surface area (Å²) in [5, 5.41) is 11.7. The highest BCUT2D eigenvalue weighted by molar-refractivity contribution is 6.46. The predicted octanol–water partition coefficient (Wildman–Crippen LogP) is 5.93. The molecule has 1 fully saturated rings. The third-order valence-electron chi connectivity index (χ3n) is 5.13. The predicted molar refractivity (Wildman–Crippen MR) is 111 cm³/mol. The molecule has 0 saturated carbocycles. The molecule has 4 rings (SSSR count). The second-order valence-corrected chi connectivity index (χ2v) is 7.77. The number of carboxylic acid groups (broad SMARTS) is 1. The largest absolute Gasteiger partial charge is 0.476 e. The third kappa shape index (κ3) is 3.07. The van der Waals surface area contributed by atoms with Crippen molar-refractivity contribution in [1.82, 2.24) is 4.57 Å². The van der Waals surface area contributed by atoms with Gasteiger partial charge in [0.05, 0.1) is 21.2 Å². The van der Waals surface area contributed by atoms with Crippen LogP contribution >= 0.6 is 23.2 Å². The highest BCUT2D eigenvalue weighted by atomic mass is 35.5. The van der Waals surface area contributed by atoms with Gasteiger partial charge in [0.25, 0.3) is 0 Å². The molecule has 0 aliphatic carbocycles. The van der Waals surface area contributed by atoms with Crippen LogP contribution in [-0.4, -0.2) is 28.7 Å². The Morgan fingerprint density at radius 3 is 2.48 bits per heavy atom. The van der Waals surface area contributed by atoms with Gasteiger partial charge in [0, 0.05) is 24.2 Å². The molecule has 1 N–H and O–H groups in total. The van der Waals surface area contributed by atoms with Gasteiger partial charge in [-0.25, -0.2) is 4.79 Å². The fraction of sp³-hybridized carbons (Fsp3) is 0.286. The number of benzene rings is 2. The molecule has 0 radical (unpaired) electrons. The number of nitrogens with zero attached hydrogens (tertiary/aromatic N) is 2. The number of aryl methyl sites for hydroxylation is 1. The Bertz CT molecular complexity index is 1040. The van der Waals surface area contributed by atoms with E-state index in [0.717, 1.165) is 49.1 Å². The summed E-state index contributed by atoms with van der Waals surface area (Å²) in [4.78, 5) is 14.5. The van der Waals surface area contributed by atoms with Crippen molar-refractivity contribution >= 4 is 45.8 Å². The van der Waals surface area contributed by atoms with Crippen molar-refractivity contribution in [3.05, 3.63) is 57.7 Å². The molecule has 2 heterocycles. The number of piperidine rings is 1. The molecule has 1 saturated heterocycles. The molecular formula is C21H20Cl2N2O2. The zero-order chi connectivity index (χ0) is 19.1. The van der Waals surface area contributed by atoms with Crippen molar-refractivity contribution in [3.8, 4) is 5.69 Å². The maximum atomic E-state index is 12.4. The maximum Gasteiger partial charge on any atom is 0.355 e. The Morgan fingerprint density at radius 2 is 1.81 bits per heavy atom. The minimum Gasteiger partial charge on any atom is -0.476 e. The first-order valence-electron chi connectivity index (χ1n) is 9.06. The molecule has 6 heteroatoms. The zero-order valence-corrected chi connectivity index (χ0v) is 16.5. The number of aromatic nitrogens is 1. The lowest BCUT2D eigenvalue weighted by molar-refractivity contribution is 0.0689. The second kappa shape index (κ2) is 7.10. The smallest absolute Gasteiger partial charge is 0.355 e. The summed E-state index contributed by atoms with van der Waals surface area (Å²) >= 11 is 12.9. The van der Waals surface area contributed by atoms with Crippen molar-refractivity contribution in [2.75, 3.05) is 18.0 Å². The Labute approximate surface area is 167 Å². The molecule has 1 aliphatic rings. The average Bonchev–Trinajstić information content (AvgIpc) is 3.01. The zero-order valence-electron chi connectivity index (χ0n) is 15.0. The van der Waals surface area contributed by atoms with Gasteiger partial charge in [0.2, 0.25) is 0 Å². The topological polar surface area (TPSA) is 45.5 Å². The Kier molecular flexibility index (Phi) is 4.79. The number of hydrogen-bond donors (Lipinski definition) is 1. The number of aromatic carboxylic acids is 1. The molecule has 27 heavy (non-hydrogen) atoms. The number of carboxylic acids is 1. The van der Waals surface area contributed by atoms with Gasteiger partial charge >= 0.3 is 5.97 Å². The second-order valence-electron chi connectivity index (χ2n) is 6.98. The molecule has 2 aromatic carbocycles. The molecule has 0 amide bonds. The van der Waals surface area contributed by atoms with Crippen LogP contribution in [0, 0.1) is 6.92 Å². The number of halogens is 2. The van der Waals surface area contributed by atoms with Gasteiger partial charge in [0.1, 0.15) is 0 Å². The first-order valence-corrected chi connectivity index (χ1v) is 9.82. The lowest BCUT2D eigenvalue weighted by Gasteiger charge is -2.29. The number of fused-ring (bicyclic) bond motifs is 1. The summed E-state index contributed by atoms with van der Waals surface area (Å²) in [5.74, 6) is -0.972. The van der Waals surface area contributed by atoms with Crippen LogP contribution in [0.15, 0.2) is 36.4 Å². The van der Waals surface area contributed by atoms with E-state index in [1.54, 1.807) is 10.6 Å². The molecule has 0 atom stereocenters. The van der Waals surface area contributed by atoms with Crippen molar-refractivity contribution < 1.29 is 9.90 Å². The minimum atomic E-state index is -0.972. The summed E-state index contributed by atoms with van der Waals surface area (Å²) < 4.78 is 1.79. The van der Waals surface area contributed by atoms with E-state index < -0.39 is 5.97 Å². The van der Waals surface area contributed by atoms with Gasteiger partial charge in [-0.05, 0) is 56.0 Å². The van der Waals surface area contributed by atoms with Gasteiger partial charge < -0.3 is 14.6 Å². The van der Waals surface area contributed by atoms with E-state index >= 15 is 0 Å². The molecule has 1 aromatic heterocycles. The molecular weight excluding hydrogens is 383 g/mol. The van der Waals surface area contributed by atoms with Crippen LogP contribution in [-0.2, 0) is 0 Å². The van der Waals surface area contributed by atoms with Crippen LogP contribution in [0.5, 0.6) is 0 Å². The van der Waals surface area contributed by atoms with Crippen molar-refractivity contribution in [2.45, 2.75) is 26.2 Å². The number of anilines is 1. The van der Waals surface area contributed by atoms with Crippen molar-refractivity contribution in [1.29, 1.82) is 0 Å². The molecule has 3 aromatic rings. The number of carbonyl (C=O) groups is 1. The highest BCUT2D eigenvalue weighted by Crippen LogP contribution is 2.43. The van der Waals surface area contributed by atoms with Gasteiger partial charge in [0.15, 0.2) is 5.69 Å². The lowest BCUT2D eigenvalue weighted by Crippen LogP contribution is -2.30. The first-order chi connectivity index (χ1) is 13.0. The van der Waals surface area contributed by atoms with E-state index in [4.69, 9.17) is 23.2 Å². The maximum absolute atomic E-state index is 12.4. The van der Waals surface area contributed by atoms with Crippen LogP contribution in [0.3, 0.4) is 0 Å². The van der Waals surface area contributed by atoms with Crippen LogP contribution in [0.25, 0.3) is 16.6 Å². The van der Waals surface area contributed by atoms with Crippen molar-refractivity contribution in [2.24, 2.45) is 0 Å². The first kappa shape index (κ1) is 18.2. The van der Waals surface area contributed by atoms with E-state index in [0.29, 0.717) is 21.1 Å². The minimum absolute atomic E-state index is 0.238. The quantitative estimate of drug-likeness (QED) is 0.589. The van der Waals surface area contributed by atoms with E-state index in [-0.39, 0.29) is 5.69 Å². The van der Waals surface area contributed by atoms with E-state index in [1.807, 2.05) is 37.3 Å². The van der Waals surface area contributed by atoms with E-state index in [2.05, 4.69) is 4.90 Å². The summed E-state index contributed by atoms with van der Waals surface area (Å²) in [7, 11) is 0.